The summed E-state index contributed by atoms with van der Waals surface area (Å²) < 4.78 is 6.82. The van der Waals surface area contributed by atoms with Crippen LogP contribution >= 0.6 is 11.6 Å². The predicted octanol–water partition coefficient (Wildman–Crippen LogP) is -0.226. The van der Waals surface area contributed by atoms with Gasteiger partial charge < -0.3 is 20.7 Å². The molecule has 1 aliphatic heterocycles. The smallest absolute Gasteiger partial charge is 0.351 e. The largest absolute Gasteiger partial charge is 0.391 e. The molecule has 22 heavy (non-hydrogen) atoms. The fourth-order valence-corrected chi connectivity index (χ4v) is 2.94. The molecule has 2 heterocycles. The maximum Gasteiger partial charge on any atom is 0.351 e. The number of hydrogen-bond donors (Lipinski definition) is 3. The van der Waals surface area contributed by atoms with Crippen LogP contribution in [-0.2, 0) is 4.74 Å². The van der Waals surface area contributed by atoms with E-state index in [1.807, 2.05) is 0 Å². The molecule has 0 saturated carbocycles. The highest BCUT2D eigenvalue weighted by molar-refractivity contribution is 6.27. The molecule has 5 atom stereocenters. The standard InChI is InChI=1S/C14H18ClN3O4/c1-4-5-14(15)11(20)10(8(3)19)22-12(14)18-7(2)6-9(16)17-13(18)21/h6,8,10-12,19-20H,1-3H3,(H2,16,17,21)/t8-,10+,11?,12+,14?/m0/s1. The first-order chi connectivity index (χ1) is 10.2. The molecule has 1 aromatic rings. The van der Waals surface area contributed by atoms with Crippen LogP contribution in [0.15, 0.2) is 10.9 Å². The predicted molar refractivity (Wildman–Crippen MR) is 81.3 cm³/mol. The van der Waals surface area contributed by atoms with Crippen LogP contribution in [0.25, 0.3) is 0 Å². The van der Waals surface area contributed by atoms with Gasteiger partial charge in [0.25, 0.3) is 0 Å². The highest BCUT2D eigenvalue weighted by Crippen LogP contribution is 2.44. The van der Waals surface area contributed by atoms with Gasteiger partial charge >= 0.3 is 5.69 Å². The van der Waals surface area contributed by atoms with Crippen molar-refractivity contribution >= 4 is 17.4 Å². The maximum absolute atomic E-state index is 12.2. The van der Waals surface area contributed by atoms with Gasteiger partial charge in [0.1, 0.15) is 18.0 Å². The number of ether oxygens (including phenoxy) is 1. The van der Waals surface area contributed by atoms with Crippen molar-refractivity contribution in [3.05, 3.63) is 22.2 Å². The van der Waals surface area contributed by atoms with Gasteiger partial charge in [-0.1, -0.05) is 17.5 Å². The minimum absolute atomic E-state index is 0.0751. The SMILES string of the molecule is CC#CC1(Cl)C(O)[C@@H]([C@H](C)O)O[C@H]1n1c(C)cc(N)nc1=O. The second kappa shape index (κ2) is 5.89. The Morgan fingerprint density at radius 3 is 2.77 bits per heavy atom. The summed E-state index contributed by atoms with van der Waals surface area (Å²) in [6.07, 6.45) is -4.35. The van der Waals surface area contributed by atoms with Gasteiger partial charge in [-0.3, -0.25) is 4.57 Å². The number of nitrogen functional groups attached to an aromatic ring is 1. The number of nitrogens with two attached hydrogens (primary N) is 1. The van der Waals surface area contributed by atoms with Gasteiger partial charge in [-0.2, -0.15) is 4.98 Å². The molecule has 0 amide bonds. The first-order valence-corrected chi connectivity index (χ1v) is 7.10. The Hall–Kier alpha value is -1.59. The van der Waals surface area contributed by atoms with Crippen LogP contribution in [0, 0.1) is 18.8 Å². The van der Waals surface area contributed by atoms with E-state index in [0.717, 1.165) is 0 Å². The van der Waals surface area contributed by atoms with Crippen molar-refractivity contribution in [3.63, 3.8) is 0 Å². The topological polar surface area (TPSA) is 111 Å². The Labute approximate surface area is 132 Å². The summed E-state index contributed by atoms with van der Waals surface area (Å²) in [6.45, 7) is 4.66. The van der Waals surface area contributed by atoms with Crippen molar-refractivity contribution in [2.75, 3.05) is 5.73 Å². The summed E-state index contributed by atoms with van der Waals surface area (Å²) in [4.78, 5) is 14.2. The van der Waals surface area contributed by atoms with Crippen LogP contribution in [-0.4, -0.2) is 43.0 Å². The van der Waals surface area contributed by atoms with Crippen molar-refractivity contribution in [2.24, 2.45) is 0 Å². The van der Waals surface area contributed by atoms with Gasteiger partial charge in [-0.25, -0.2) is 4.79 Å². The number of aliphatic hydroxyl groups excluding tert-OH is 2. The van der Waals surface area contributed by atoms with Gasteiger partial charge in [0.15, 0.2) is 11.1 Å². The summed E-state index contributed by atoms with van der Waals surface area (Å²) >= 11 is 6.47. The highest BCUT2D eigenvalue weighted by atomic mass is 35.5. The lowest BCUT2D eigenvalue weighted by molar-refractivity contribution is -0.0777. The quantitative estimate of drug-likeness (QED) is 0.511. The van der Waals surface area contributed by atoms with E-state index >= 15 is 0 Å². The van der Waals surface area contributed by atoms with Crippen molar-refractivity contribution < 1.29 is 14.9 Å². The molecule has 1 fully saturated rings. The number of anilines is 1. The number of nitrogens with zero attached hydrogens (tertiary/aromatic N) is 2. The van der Waals surface area contributed by atoms with Crippen molar-refractivity contribution in [2.45, 2.75) is 50.2 Å². The van der Waals surface area contributed by atoms with E-state index in [1.165, 1.54) is 17.6 Å². The molecular formula is C14H18ClN3O4. The molecule has 0 radical (unpaired) electrons. The lowest BCUT2D eigenvalue weighted by Crippen LogP contribution is -2.45. The molecule has 0 bridgehead atoms. The summed E-state index contributed by atoms with van der Waals surface area (Å²) in [6, 6.07) is 1.49. The van der Waals surface area contributed by atoms with Crippen molar-refractivity contribution in [1.29, 1.82) is 0 Å². The fraction of sp³-hybridized carbons (Fsp3) is 0.571. The van der Waals surface area contributed by atoms with Gasteiger partial charge in [-0.05, 0) is 26.8 Å². The third kappa shape index (κ3) is 2.59. The van der Waals surface area contributed by atoms with E-state index in [2.05, 4.69) is 16.8 Å². The minimum atomic E-state index is -1.58. The van der Waals surface area contributed by atoms with Crippen molar-refractivity contribution in [3.8, 4) is 11.8 Å². The van der Waals surface area contributed by atoms with Crippen LogP contribution in [0.4, 0.5) is 5.82 Å². The molecule has 0 aliphatic carbocycles. The second-order valence-electron chi connectivity index (χ2n) is 5.26. The summed E-state index contributed by atoms with van der Waals surface area (Å²) in [5, 5.41) is 20.2. The molecule has 1 aromatic heterocycles. The van der Waals surface area contributed by atoms with E-state index in [4.69, 9.17) is 22.1 Å². The zero-order chi connectivity index (χ0) is 16.7. The number of hydrogen-bond acceptors (Lipinski definition) is 6. The number of aromatic nitrogens is 2. The summed E-state index contributed by atoms with van der Waals surface area (Å²) in [5.74, 6) is 5.38. The lowest BCUT2D eigenvalue weighted by Gasteiger charge is -2.27. The van der Waals surface area contributed by atoms with E-state index in [9.17, 15) is 15.0 Å². The molecule has 7 nitrogen and oxygen atoms in total. The molecule has 1 aliphatic rings. The van der Waals surface area contributed by atoms with Crippen LogP contribution in [0.2, 0.25) is 0 Å². The Morgan fingerprint density at radius 1 is 1.64 bits per heavy atom. The number of aliphatic hydroxyl groups is 2. The first kappa shape index (κ1) is 16.8. The molecule has 8 heteroatoms. The first-order valence-electron chi connectivity index (χ1n) is 6.72. The number of alkyl halides is 1. The van der Waals surface area contributed by atoms with E-state index in [1.54, 1.807) is 13.8 Å². The molecule has 0 aromatic carbocycles. The van der Waals surface area contributed by atoms with E-state index in [-0.39, 0.29) is 5.82 Å². The molecular weight excluding hydrogens is 310 g/mol. The number of halogens is 1. The van der Waals surface area contributed by atoms with Gasteiger partial charge in [-0.15, -0.1) is 5.92 Å². The van der Waals surface area contributed by atoms with Gasteiger partial charge in [0.2, 0.25) is 0 Å². The Balaban J connectivity index is 2.62. The molecule has 0 spiro atoms. The zero-order valence-electron chi connectivity index (χ0n) is 12.4. The Bertz CT molecular complexity index is 694. The van der Waals surface area contributed by atoms with Gasteiger partial charge in [0.05, 0.1) is 6.10 Å². The third-order valence-corrected chi connectivity index (χ3v) is 4.09. The molecule has 2 rings (SSSR count). The van der Waals surface area contributed by atoms with Crippen LogP contribution in [0.3, 0.4) is 0 Å². The van der Waals surface area contributed by atoms with Gasteiger partial charge in [0, 0.05) is 5.69 Å². The Kier molecular flexibility index (Phi) is 4.49. The third-order valence-electron chi connectivity index (χ3n) is 3.58. The highest BCUT2D eigenvalue weighted by Gasteiger charge is 2.57. The fourth-order valence-electron chi connectivity index (χ4n) is 2.58. The Morgan fingerprint density at radius 2 is 2.27 bits per heavy atom. The maximum atomic E-state index is 12.2. The monoisotopic (exact) mass is 327 g/mol. The summed E-state index contributed by atoms with van der Waals surface area (Å²) in [7, 11) is 0. The van der Waals surface area contributed by atoms with E-state index in [0.29, 0.717) is 5.69 Å². The molecule has 4 N–H and O–H groups in total. The lowest BCUT2D eigenvalue weighted by atomic mass is 9.96. The van der Waals surface area contributed by atoms with E-state index < -0.39 is 35.1 Å². The van der Waals surface area contributed by atoms with Crippen molar-refractivity contribution in [1.82, 2.24) is 9.55 Å². The van der Waals surface area contributed by atoms with Crippen LogP contribution in [0.1, 0.15) is 25.8 Å². The summed E-state index contributed by atoms with van der Waals surface area (Å²) in [5.41, 5.74) is 5.34. The molecule has 2 unspecified atom stereocenters. The average molecular weight is 328 g/mol. The molecule has 1 saturated heterocycles. The zero-order valence-corrected chi connectivity index (χ0v) is 13.2. The number of aryl methyl sites for hydroxylation is 1. The van der Waals surface area contributed by atoms with Crippen LogP contribution < -0.4 is 11.4 Å². The minimum Gasteiger partial charge on any atom is -0.391 e. The normalized spacial score (nSPS) is 32.4. The molecule has 120 valence electrons. The second-order valence-corrected chi connectivity index (χ2v) is 5.88. The average Bonchev–Trinajstić information content (AvgIpc) is 2.63. The number of rotatable bonds is 2. The van der Waals surface area contributed by atoms with Crippen LogP contribution in [0.5, 0.6) is 0 Å².